The van der Waals surface area contributed by atoms with Crippen LogP contribution in [0.4, 0.5) is 5.69 Å². The molecule has 1 aromatic carbocycles. The number of thioether (sulfide) groups is 1. The summed E-state index contributed by atoms with van der Waals surface area (Å²) in [7, 11) is 0. The molecule has 2 aromatic rings. The quantitative estimate of drug-likeness (QED) is 0.797. The first-order chi connectivity index (χ1) is 9.26. The van der Waals surface area contributed by atoms with E-state index in [0.29, 0.717) is 5.92 Å². The van der Waals surface area contributed by atoms with Crippen LogP contribution in [0.5, 0.6) is 0 Å². The third-order valence-corrected chi connectivity index (χ3v) is 4.46. The number of furan rings is 1. The second-order valence-corrected chi connectivity index (χ2v) is 6.09. The van der Waals surface area contributed by atoms with Gasteiger partial charge in [0.2, 0.25) is 0 Å². The molecule has 0 amide bonds. The maximum atomic E-state index is 5.88. The van der Waals surface area contributed by atoms with E-state index in [2.05, 4.69) is 54.9 Å². The first-order valence-corrected chi connectivity index (χ1v) is 7.95. The molecule has 1 saturated carbocycles. The largest absolute Gasteiger partial charge is 0.464 e. The lowest BCUT2D eigenvalue weighted by atomic mass is 10.3. The van der Waals surface area contributed by atoms with Crippen molar-refractivity contribution in [1.29, 1.82) is 0 Å². The summed E-state index contributed by atoms with van der Waals surface area (Å²) in [6.07, 6.45) is 3.36. The fourth-order valence-corrected chi connectivity index (χ4v) is 2.71. The van der Waals surface area contributed by atoms with Crippen LogP contribution in [0, 0.1) is 5.92 Å². The molecule has 1 aliphatic rings. The van der Waals surface area contributed by atoms with Gasteiger partial charge in [0.15, 0.2) is 0 Å². The number of hydrogen-bond acceptors (Lipinski definition) is 3. The Bertz CT molecular complexity index is 546. The van der Waals surface area contributed by atoms with Gasteiger partial charge in [-0.15, -0.1) is 11.8 Å². The van der Waals surface area contributed by atoms with Crippen molar-refractivity contribution in [2.75, 3.05) is 11.6 Å². The maximum absolute atomic E-state index is 5.88. The van der Waals surface area contributed by atoms with E-state index in [1.807, 2.05) is 0 Å². The van der Waals surface area contributed by atoms with Gasteiger partial charge < -0.3 is 9.73 Å². The van der Waals surface area contributed by atoms with Gasteiger partial charge in [-0.2, -0.15) is 0 Å². The first kappa shape index (κ1) is 12.7. The van der Waals surface area contributed by atoms with Crippen molar-refractivity contribution < 1.29 is 4.42 Å². The van der Waals surface area contributed by atoms with Crippen LogP contribution in [0.25, 0.3) is 0 Å². The minimum absolute atomic E-state index is 0.662. The molecule has 2 nitrogen and oxygen atoms in total. The van der Waals surface area contributed by atoms with E-state index in [-0.39, 0.29) is 0 Å². The highest BCUT2D eigenvalue weighted by Gasteiger charge is 2.36. The molecular formula is C16H19NOS. The molecule has 0 saturated heterocycles. The Morgan fingerprint density at radius 2 is 1.95 bits per heavy atom. The number of hydrogen-bond donors (Lipinski definition) is 1. The Morgan fingerprint density at radius 1 is 1.21 bits per heavy atom. The average molecular weight is 273 g/mol. The molecular weight excluding hydrogens is 254 g/mol. The Hall–Kier alpha value is -1.35. The molecule has 1 aliphatic carbocycles. The smallest absolute Gasteiger partial charge is 0.123 e. The minimum atomic E-state index is 0.662. The van der Waals surface area contributed by atoms with Crippen LogP contribution < -0.4 is 5.32 Å². The summed E-state index contributed by atoms with van der Waals surface area (Å²) in [4.78, 5) is 1.29. The van der Waals surface area contributed by atoms with Crippen molar-refractivity contribution in [3.63, 3.8) is 0 Å². The fourth-order valence-electron chi connectivity index (χ4n) is 2.31. The van der Waals surface area contributed by atoms with Crippen molar-refractivity contribution in [2.45, 2.75) is 30.7 Å². The lowest BCUT2D eigenvalue weighted by molar-refractivity contribution is 0.468. The zero-order chi connectivity index (χ0) is 13.2. The standard InChI is InChI=1S/C16H19NOS/c1-11-9-15(11)16-8-5-13(18-16)10-17-12-3-6-14(19-2)7-4-12/h3-8,11,15,17H,9-10H2,1-2H3. The molecule has 0 bridgehead atoms. The molecule has 0 aliphatic heterocycles. The maximum Gasteiger partial charge on any atom is 0.123 e. The zero-order valence-corrected chi connectivity index (χ0v) is 12.2. The predicted octanol–water partition coefficient (Wildman–Crippen LogP) is 4.74. The Kier molecular flexibility index (Phi) is 3.56. The zero-order valence-electron chi connectivity index (χ0n) is 11.3. The van der Waals surface area contributed by atoms with E-state index in [9.17, 15) is 0 Å². The van der Waals surface area contributed by atoms with E-state index in [4.69, 9.17) is 4.42 Å². The van der Waals surface area contributed by atoms with Crippen LogP contribution in [0.2, 0.25) is 0 Å². The Balaban J connectivity index is 1.57. The molecule has 2 atom stereocenters. The summed E-state index contributed by atoms with van der Waals surface area (Å²) < 4.78 is 5.88. The van der Waals surface area contributed by atoms with Crippen molar-refractivity contribution in [1.82, 2.24) is 0 Å². The fraction of sp³-hybridized carbons (Fsp3) is 0.375. The van der Waals surface area contributed by atoms with Gasteiger partial charge in [-0.1, -0.05) is 6.92 Å². The van der Waals surface area contributed by atoms with Crippen LogP contribution in [0.1, 0.15) is 30.8 Å². The first-order valence-electron chi connectivity index (χ1n) is 6.73. The molecule has 1 N–H and O–H groups in total. The highest BCUT2D eigenvalue weighted by molar-refractivity contribution is 7.98. The van der Waals surface area contributed by atoms with Crippen LogP contribution in [-0.4, -0.2) is 6.26 Å². The topological polar surface area (TPSA) is 25.2 Å². The number of benzene rings is 1. The van der Waals surface area contributed by atoms with Crippen LogP contribution in [0.3, 0.4) is 0 Å². The normalized spacial score (nSPS) is 21.4. The van der Waals surface area contributed by atoms with E-state index >= 15 is 0 Å². The second kappa shape index (κ2) is 5.33. The number of anilines is 1. The molecule has 1 fully saturated rings. The molecule has 0 radical (unpaired) electrons. The van der Waals surface area contributed by atoms with Crippen molar-refractivity contribution in [2.24, 2.45) is 5.92 Å². The van der Waals surface area contributed by atoms with Crippen LogP contribution in [-0.2, 0) is 6.54 Å². The summed E-state index contributed by atoms with van der Waals surface area (Å²) in [5.74, 6) is 3.63. The van der Waals surface area contributed by atoms with E-state index in [1.54, 1.807) is 11.8 Å². The lowest BCUT2D eigenvalue weighted by Gasteiger charge is -2.05. The third-order valence-electron chi connectivity index (χ3n) is 3.71. The van der Waals surface area contributed by atoms with E-state index in [1.165, 1.54) is 11.3 Å². The summed E-state index contributed by atoms with van der Waals surface area (Å²) in [5, 5.41) is 3.39. The van der Waals surface area contributed by atoms with E-state index in [0.717, 1.165) is 29.7 Å². The molecule has 3 heteroatoms. The van der Waals surface area contributed by atoms with Crippen molar-refractivity contribution in [3.8, 4) is 0 Å². The number of nitrogens with one attached hydrogen (secondary N) is 1. The van der Waals surface area contributed by atoms with Crippen molar-refractivity contribution >= 4 is 17.4 Å². The van der Waals surface area contributed by atoms with Crippen LogP contribution in [0.15, 0.2) is 45.7 Å². The summed E-state index contributed by atoms with van der Waals surface area (Å²) in [6, 6.07) is 12.7. The molecule has 3 rings (SSSR count). The molecule has 1 aromatic heterocycles. The molecule has 100 valence electrons. The Morgan fingerprint density at radius 3 is 2.58 bits per heavy atom. The van der Waals surface area contributed by atoms with Gasteiger partial charge in [0.25, 0.3) is 0 Å². The molecule has 2 unspecified atom stereocenters. The summed E-state index contributed by atoms with van der Waals surface area (Å²) in [5.41, 5.74) is 1.13. The van der Waals surface area contributed by atoms with Gasteiger partial charge in [0.1, 0.15) is 11.5 Å². The van der Waals surface area contributed by atoms with Gasteiger partial charge in [-0.05, 0) is 55.0 Å². The SMILES string of the molecule is CSc1ccc(NCc2ccc(C3CC3C)o2)cc1. The molecule has 0 spiro atoms. The molecule has 19 heavy (non-hydrogen) atoms. The van der Waals surface area contributed by atoms with Gasteiger partial charge in [0, 0.05) is 16.5 Å². The van der Waals surface area contributed by atoms with Gasteiger partial charge >= 0.3 is 0 Å². The predicted molar refractivity (Wildman–Crippen MR) is 80.8 cm³/mol. The monoisotopic (exact) mass is 273 g/mol. The average Bonchev–Trinajstić information content (AvgIpc) is 3.00. The van der Waals surface area contributed by atoms with E-state index < -0.39 is 0 Å². The highest BCUT2D eigenvalue weighted by Crippen LogP contribution is 2.47. The Labute approximate surface area is 118 Å². The van der Waals surface area contributed by atoms with Gasteiger partial charge in [-0.3, -0.25) is 0 Å². The number of rotatable bonds is 5. The van der Waals surface area contributed by atoms with Crippen molar-refractivity contribution in [3.05, 3.63) is 47.9 Å². The molecule has 1 heterocycles. The minimum Gasteiger partial charge on any atom is -0.464 e. The highest BCUT2D eigenvalue weighted by atomic mass is 32.2. The lowest BCUT2D eigenvalue weighted by Crippen LogP contribution is -1.97. The third kappa shape index (κ3) is 2.98. The van der Waals surface area contributed by atoms with Gasteiger partial charge in [0.05, 0.1) is 6.54 Å². The second-order valence-electron chi connectivity index (χ2n) is 5.21. The summed E-state index contributed by atoms with van der Waals surface area (Å²) >= 11 is 1.76. The van der Waals surface area contributed by atoms with Crippen LogP contribution >= 0.6 is 11.8 Å². The summed E-state index contributed by atoms with van der Waals surface area (Å²) in [6.45, 7) is 3.03. The van der Waals surface area contributed by atoms with Gasteiger partial charge in [-0.25, -0.2) is 0 Å².